The third kappa shape index (κ3) is 7.55. The maximum Gasteiger partial charge on any atom is 0.261 e. The van der Waals surface area contributed by atoms with E-state index in [1.54, 1.807) is 36.4 Å². The van der Waals surface area contributed by atoms with Crippen LogP contribution in [0.4, 0.5) is 4.39 Å². The van der Waals surface area contributed by atoms with Gasteiger partial charge in [-0.15, -0.1) is 0 Å². The minimum Gasteiger partial charge on any atom is -0.484 e. The van der Waals surface area contributed by atoms with Gasteiger partial charge in [0.1, 0.15) is 17.6 Å². The Hall–Kier alpha value is -3.38. The molecule has 0 aliphatic rings. The number of hydrogen-bond donors (Lipinski definition) is 1. The molecule has 35 heavy (non-hydrogen) atoms. The Morgan fingerprint density at radius 2 is 1.77 bits per heavy atom. The summed E-state index contributed by atoms with van der Waals surface area (Å²) in [6.45, 7) is 3.91. The van der Waals surface area contributed by atoms with Crippen molar-refractivity contribution in [2.75, 3.05) is 13.2 Å². The lowest BCUT2D eigenvalue weighted by atomic mass is 10.0. The van der Waals surface area contributed by atoms with Crippen LogP contribution in [0, 0.1) is 12.7 Å². The summed E-state index contributed by atoms with van der Waals surface area (Å²) in [5, 5.41) is 3.49. The van der Waals surface area contributed by atoms with Crippen molar-refractivity contribution >= 4 is 23.4 Å². The standard InChI is InChI=1S/C28H30ClFN2O3/c1-3-15-31-28(34)26(17-21-9-5-4-6-10-21)32(18-22-11-7-8-12-25(22)30)27(33)19-35-23-13-14-24(29)20(2)16-23/h4-14,16,26H,3,15,17-19H2,1-2H3,(H,31,34)/t26-/m1/s1. The van der Waals surface area contributed by atoms with Crippen LogP contribution in [0.1, 0.15) is 30.0 Å². The molecule has 0 aromatic heterocycles. The second-order valence-electron chi connectivity index (χ2n) is 8.31. The molecule has 3 aromatic rings. The molecular weight excluding hydrogens is 467 g/mol. The predicted molar refractivity (Wildman–Crippen MR) is 136 cm³/mol. The van der Waals surface area contributed by atoms with Crippen LogP contribution >= 0.6 is 11.6 Å². The van der Waals surface area contributed by atoms with E-state index in [2.05, 4.69) is 5.32 Å². The quantitative estimate of drug-likeness (QED) is 0.390. The van der Waals surface area contributed by atoms with Crippen molar-refractivity contribution in [1.82, 2.24) is 10.2 Å². The first-order chi connectivity index (χ1) is 16.9. The van der Waals surface area contributed by atoms with E-state index in [-0.39, 0.29) is 25.5 Å². The molecule has 0 saturated heterocycles. The Morgan fingerprint density at radius 3 is 2.46 bits per heavy atom. The molecule has 0 saturated carbocycles. The topological polar surface area (TPSA) is 58.6 Å². The number of nitrogens with zero attached hydrogens (tertiary/aromatic N) is 1. The second kappa shape index (κ2) is 12.9. The SMILES string of the molecule is CCCNC(=O)[C@@H](Cc1ccccc1)N(Cc1ccccc1F)C(=O)COc1ccc(Cl)c(C)c1. The predicted octanol–water partition coefficient (Wildman–Crippen LogP) is 5.33. The van der Waals surface area contributed by atoms with E-state index >= 15 is 0 Å². The van der Waals surface area contributed by atoms with Crippen molar-refractivity contribution in [2.45, 2.75) is 39.3 Å². The fourth-order valence-corrected chi connectivity index (χ4v) is 3.78. The van der Waals surface area contributed by atoms with Gasteiger partial charge in [0.2, 0.25) is 5.91 Å². The van der Waals surface area contributed by atoms with Crippen LogP contribution in [0.15, 0.2) is 72.8 Å². The summed E-state index contributed by atoms with van der Waals surface area (Å²) in [7, 11) is 0. The molecule has 2 amide bonds. The highest BCUT2D eigenvalue weighted by Gasteiger charge is 2.31. The molecule has 0 spiro atoms. The van der Waals surface area contributed by atoms with E-state index in [0.717, 1.165) is 17.5 Å². The zero-order valence-corrected chi connectivity index (χ0v) is 20.7. The summed E-state index contributed by atoms with van der Waals surface area (Å²) >= 11 is 6.08. The largest absolute Gasteiger partial charge is 0.484 e. The Bertz CT molecular complexity index is 1140. The fraction of sp³-hybridized carbons (Fsp3) is 0.286. The van der Waals surface area contributed by atoms with Gasteiger partial charge < -0.3 is 15.0 Å². The smallest absolute Gasteiger partial charge is 0.261 e. The van der Waals surface area contributed by atoms with Crippen LogP contribution in [-0.2, 0) is 22.6 Å². The molecule has 184 valence electrons. The van der Waals surface area contributed by atoms with E-state index in [1.807, 2.05) is 44.2 Å². The number of carbonyl (C=O) groups excluding carboxylic acids is 2. The highest BCUT2D eigenvalue weighted by molar-refractivity contribution is 6.31. The number of nitrogens with one attached hydrogen (secondary N) is 1. The van der Waals surface area contributed by atoms with Crippen molar-refractivity contribution in [3.05, 3.63) is 100 Å². The number of carbonyl (C=O) groups is 2. The first-order valence-corrected chi connectivity index (χ1v) is 12.0. The number of halogens is 2. The number of aryl methyl sites for hydroxylation is 1. The maximum atomic E-state index is 14.6. The van der Waals surface area contributed by atoms with Crippen molar-refractivity contribution in [3.63, 3.8) is 0 Å². The highest BCUT2D eigenvalue weighted by Crippen LogP contribution is 2.22. The second-order valence-corrected chi connectivity index (χ2v) is 8.72. The van der Waals surface area contributed by atoms with Gasteiger partial charge in [0.15, 0.2) is 6.61 Å². The zero-order valence-electron chi connectivity index (χ0n) is 20.0. The third-order valence-corrected chi connectivity index (χ3v) is 6.03. The summed E-state index contributed by atoms with van der Waals surface area (Å²) in [6.07, 6.45) is 1.04. The van der Waals surface area contributed by atoms with Gasteiger partial charge in [0, 0.05) is 30.1 Å². The maximum absolute atomic E-state index is 14.6. The highest BCUT2D eigenvalue weighted by atomic mass is 35.5. The Kier molecular flexibility index (Phi) is 9.67. The Labute approximate surface area is 210 Å². The lowest BCUT2D eigenvalue weighted by Gasteiger charge is -2.31. The van der Waals surface area contributed by atoms with Gasteiger partial charge in [-0.2, -0.15) is 0 Å². The summed E-state index contributed by atoms with van der Waals surface area (Å²) < 4.78 is 20.3. The van der Waals surface area contributed by atoms with Gasteiger partial charge >= 0.3 is 0 Å². The average molecular weight is 497 g/mol. The van der Waals surface area contributed by atoms with Gasteiger partial charge in [0.25, 0.3) is 5.91 Å². The molecule has 0 heterocycles. The van der Waals surface area contributed by atoms with Crippen LogP contribution in [0.25, 0.3) is 0 Å². The Balaban J connectivity index is 1.90. The minimum absolute atomic E-state index is 0.0639. The summed E-state index contributed by atoms with van der Waals surface area (Å²) in [4.78, 5) is 28.1. The molecule has 5 nitrogen and oxygen atoms in total. The number of rotatable bonds is 11. The van der Waals surface area contributed by atoms with E-state index < -0.39 is 17.8 Å². The number of ether oxygens (including phenoxy) is 1. The lowest BCUT2D eigenvalue weighted by Crippen LogP contribution is -2.52. The number of hydrogen-bond acceptors (Lipinski definition) is 3. The lowest BCUT2D eigenvalue weighted by molar-refractivity contribution is -0.142. The fourth-order valence-electron chi connectivity index (χ4n) is 3.67. The monoisotopic (exact) mass is 496 g/mol. The first kappa shape index (κ1) is 26.2. The van der Waals surface area contributed by atoms with Crippen molar-refractivity contribution in [1.29, 1.82) is 0 Å². The van der Waals surface area contributed by atoms with Crippen LogP contribution in [0.2, 0.25) is 5.02 Å². The summed E-state index contributed by atoms with van der Waals surface area (Å²) in [5.74, 6) is -0.663. The molecule has 0 aliphatic carbocycles. The molecule has 3 rings (SSSR count). The van der Waals surface area contributed by atoms with Crippen LogP contribution in [0.5, 0.6) is 5.75 Å². The molecule has 0 radical (unpaired) electrons. The van der Waals surface area contributed by atoms with Gasteiger partial charge in [-0.1, -0.05) is 67.1 Å². The van der Waals surface area contributed by atoms with Crippen molar-refractivity contribution in [3.8, 4) is 5.75 Å². The van der Waals surface area contributed by atoms with Gasteiger partial charge in [-0.3, -0.25) is 9.59 Å². The molecule has 0 fully saturated rings. The molecular formula is C28H30ClFN2O3. The molecule has 7 heteroatoms. The summed E-state index contributed by atoms with van der Waals surface area (Å²) in [6, 6.07) is 20.0. The van der Waals surface area contributed by atoms with Crippen molar-refractivity contribution in [2.24, 2.45) is 0 Å². The Morgan fingerprint density at radius 1 is 1.06 bits per heavy atom. The van der Waals surface area contributed by atoms with Crippen molar-refractivity contribution < 1.29 is 18.7 Å². The van der Waals surface area contributed by atoms with Crippen LogP contribution in [0.3, 0.4) is 0 Å². The molecule has 0 unspecified atom stereocenters. The minimum atomic E-state index is -0.841. The molecule has 1 N–H and O–H groups in total. The van der Waals surface area contributed by atoms with Gasteiger partial charge in [-0.25, -0.2) is 4.39 Å². The van der Waals surface area contributed by atoms with E-state index in [4.69, 9.17) is 16.3 Å². The first-order valence-electron chi connectivity index (χ1n) is 11.6. The average Bonchev–Trinajstić information content (AvgIpc) is 2.86. The van der Waals surface area contributed by atoms with Crippen LogP contribution < -0.4 is 10.1 Å². The van der Waals surface area contributed by atoms with E-state index in [9.17, 15) is 14.0 Å². The third-order valence-electron chi connectivity index (χ3n) is 5.61. The van der Waals surface area contributed by atoms with Crippen LogP contribution in [-0.4, -0.2) is 35.9 Å². The zero-order chi connectivity index (χ0) is 25.2. The molecule has 3 aromatic carbocycles. The van der Waals surface area contributed by atoms with E-state index in [1.165, 1.54) is 11.0 Å². The normalized spacial score (nSPS) is 11.5. The summed E-state index contributed by atoms with van der Waals surface area (Å²) in [5.41, 5.74) is 2.04. The molecule has 1 atom stereocenters. The molecule has 0 bridgehead atoms. The van der Waals surface area contributed by atoms with Gasteiger partial charge in [0.05, 0.1) is 0 Å². The number of amides is 2. The molecule has 0 aliphatic heterocycles. The number of benzene rings is 3. The van der Waals surface area contributed by atoms with E-state index in [0.29, 0.717) is 22.9 Å². The van der Waals surface area contributed by atoms with Gasteiger partial charge in [-0.05, 0) is 48.7 Å².